The predicted octanol–water partition coefficient (Wildman–Crippen LogP) is 3.39. The number of nitrogens with one attached hydrogen (secondary N) is 1. The zero-order valence-electron chi connectivity index (χ0n) is 15.5. The third kappa shape index (κ3) is 4.28. The van der Waals surface area contributed by atoms with Gasteiger partial charge < -0.3 is 24.6 Å². The lowest BCUT2D eigenvalue weighted by molar-refractivity contribution is -0.384. The summed E-state index contributed by atoms with van der Waals surface area (Å²) in [5, 5.41) is 33.0. The lowest BCUT2D eigenvalue weighted by atomic mass is 10.1. The molecule has 1 heterocycles. The summed E-state index contributed by atoms with van der Waals surface area (Å²) in [7, 11) is 1.36. The molecule has 0 bridgehead atoms. The molecule has 0 unspecified atom stereocenters. The van der Waals surface area contributed by atoms with Gasteiger partial charge in [-0.1, -0.05) is 0 Å². The van der Waals surface area contributed by atoms with Crippen LogP contribution in [0.15, 0.2) is 34.3 Å². The van der Waals surface area contributed by atoms with Crippen LogP contribution in [0.25, 0.3) is 6.08 Å². The van der Waals surface area contributed by atoms with Crippen molar-refractivity contribution in [3.8, 4) is 29.1 Å². The first-order valence-electron chi connectivity index (χ1n) is 8.41. The molecule has 2 aromatic rings. The van der Waals surface area contributed by atoms with Crippen molar-refractivity contribution in [2.45, 2.75) is 0 Å². The van der Waals surface area contributed by atoms with E-state index < -0.39 is 16.5 Å². The first-order valence-corrected chi connectivity index (χ1v) is 9.21. The van der Waals surface area contributed by atoms with Gasteiger partial charge in [0.15, 0.2) is 23.0 Å². The number of benzene rings is 2. The summed E-state index contributed by atoms with van der Waals surface area (Å²) >= 11 is 3.16. The highest BCUT2D eigenvalue weighted by atomic mass is 79.9. The number of nitro groups is 1. The SMILES string of the molecule is COc1cc(C=C(C#N)C(=O)Nc2cc3c(cc2[N+](=O)[O-])OCCO3)cc(Br)c1O. The monoisotopic (exact) mass is 475 g/mol. The molecule has 0 radical (unpaired) electrons. The number of fused-ring (bicyclic) bond motifs is 1. The molecule has 0 aromatic heterocycles. The molecule has 0 spiro atoms. The van der Waals surface area contributed by atoms with Crippen molar-refractivity contribution in [1.82, 2.24) is 0 Å². The maximum atomic E-state index is 12.6. The Morgan fingerprint density at radius 2 is 2.00 bits per heavy atom. The second-order valence-corrected chi connectivity index (χ2v) is 6.80. The Morgan fingerprint density at radius 3 is 2.60 bits per heavy atom. The number of carbonyl (C=O) groups is 1. The van der Waals surface area contributed by atoms with Gasteiger partial charge in [0, 0.05) is 6.07 Å². The van der Waals surface area contributed by atoms with E-state index in [-0.39, 0.29) is 47.5 Å². The number of hydrogen-bond acceptors (Lipinski definition) is 8. The van der Waals surface area contributed by atoms with Crippen molar-refractivity contribution in [2.24, 2.45) is 0 Å². The number of anilines is 1. The molecule has 154 valence electrons. The number of ether oxygens (including phenoxy) is 3. The van der Waals surface area contributed by atoms with Crippen LogP contribution in [-0.2, 0) is 4.79 Å². The smallest absolute Gasteiger partial charge is 0.296 e. The molecule has 10 nitrogen and oxygen atoms in total. The summed E-state index contributed by atoms with van der Waals surface area (Å²) in [5.41, 5.74) is -0.475. The maximum absolute atomic E-state index is 12.6. The Hall–Kier alpha value is -3.78. The minimum absolute atomic E-state index is 0.135. The van der Waals surface area contributed by atoms with E-state index in [1.54, 1.807) is 6.07 Å². The number of hydrogen-bond donors (Lipinski definition) is 2. The number of nitro benzene ring substituents is 1. The van der Waals surface area contributed by atoms with E-state index in [0.717, 1.165) is 6.07 Å². The van der Waals surface area contributed by atoms with Crippen molar-refractivity contribution >= 4 is 39.3 Å². The molecule has 1 aliphatic rings. The van der Waals surface area contributed by atoms with Crippen molar-refractivity contribution in [3.63, 3.8) is 0 Å². The molecule has 11 heteroatoms. The standard InChI is InChI=1S/C19H14BrN3O7/c1-28-17-6-10(5-12(20)18(17)24)4-11(9-21)19(25)22-13-7-15-16(30-3-2-29-15)8-14(13)23(26)27/h4-8,24H,2-3H2,1H3,(H,22,25). The number of halogens is 1. The van der Waals surface area contributed by atoms with Gasteiger partial charge in [0.05, 0.1) is 22.6 Å². The molecule has 1 amide bonds. The maximum Gasteiger partial charge on any atom is 0.296 e. The Labute approximate surface area is 178 Å². The van der Waals surface area contributed by atoms with Gasteiger partial charge in [-0.25, -0.2) is 0 Å². The quantitative estimate of drug-likeness (QED) is 0.289. The van der Waals surface area contributed by atoms with E-state index in [2.05, 4.69) is 21.2 Å². The van der Waals surface area contributed by atoms with Gasteiger partial charge in [0.2, 0.25) is 0 Å². The van der Waals surface area contributed by atoms with Crippen LogP contribution in [0.1, 0.15) is 5.56 Å². The molecule has 1 aliphatic heterocycles. The second-order valence-electron chi connectivity index (χ2n) is 5.95. The van der Waals surface area contributed by atoms with E-state index in [1.165, 1.54) is 31.4 Å². The Morgan fingerprint density at radius 1 is 1.33 bits per heavy atom. The van der Waals surface area contributed by atoms with Gasteiger partial charge in [0.1, 0.15) is 30.5 Å². The Bertz CT molecular complexity index is 1110. The first-order chi connectivity index (χ1) is 14.3. The van der Waals surface area contributed by atoms with Crippen molar-refractivity contribution in [3.05, 3.63) is 50.0 Å². The first kappa shape index (κ1) is 20.9. The average Bonchev–Trinajstić information content (AvgIpc) is 2.73. The van der Waals surface area contributed by atoms with Gasteiger partial charge in [0.25, 0.3) is 11.6 Å². The Kier molecular flexibility index (Phi) is 6.08. The van der Waals surface area contributed by atoms with Crippen LogP contribution in [0, 0.1) is 21.4 Å². The van der Waals surface area contributed by atoms with Gasteiger partial charge >= 0.3 is 0 Å². The fourth-order valence-corrected chi connectivity index (χ4v) is 3.13. The highest BCUT2D eigenvalue weighted by Crippen LogP contribution is 2.40. The van der Waals surface area contributed by atoms with Gasteiger partial charge in [-0.05, 0) is 39.7 Å². The number of methoxy groups -OCH3 is 1. The van der Waals surface area contributed by atoms with E-state index in [4.69, 9.17) is 14.2 Å². The van der Waals surface area contributed by atoms with Crippen LogP contribution < -0.4 is 19.5 Å². The van der Waals surface area contributed by atoms with Crippen LogP contribution >= 0.6 is 15.9 Å². The van der Waals surface area contributed by atoms with Gasteiger partial charge in [-0.3, -0.25) is 14.9 Å². The topological polar surface area (TPSA) is 144 Å². The lowest BCUT2D eigenvalue weighted by Gasteiger charge is -2.19. The number of aromatic hydroxyl groups is 1. The van der Waals surface area contributed by atoms with Crippen LogP contribution in [-0.4, -0.2) is 36.3 Å². The summed E-state index contributed by atoms with van der Waals surface area (Å²) in [4.78, 5) is 23.3. The molecule has 0 saturated carbocycles. The van der Waals surface area contributed by atoms with E-state index in [9.17, 15) is 25.3 Å². The predicted molar refractivity (Wildman–Crippen MR) is 109 cm³/mol. The number of carbonyl (C=O) groups excluding carboxylic acids is 1. The van der Waals surface area contributed by atoms with Crippen molar-refractivity contribution < 1.29 is 29.0 Å². The number of nitriles is 1. The number of phenols is 1. The van der Waals surface area contributed by atoms with E-state index in [0.29, 0.717) is 10.0 Å². The van der Waals surface area contributed by atoms with Crippen LogP contribution in [0.5, 0.6) is 23.0 Å². The molecule has 2 N–H and O–H groups in total. The minimum Gasteiger partial charge on any atom is -0.503 e. The number of amides is 1. The molecule has 0 aliphatic carbocycles. The molecule has 3 rings (SSSR count). The largest absolute Gasteiger partial charge is 0.503 e. The van der Waals surface area contributed by atoms with Gasteiger partial charge in [-0.2, -0.15) is 5.26 Å². The third-order valence-electron chi connectivity index (χ3n) is 4.05. The average molecular weight is 476 g/mol. The fraction of sp³-hybridized carbons (Fsp3) is 0.158. The zero-order valence-corrected chi connectivity index (χ0v) is 17.1. The Balaban J connectivity index is 1.94. The lowest BCUT2D eigenvalue weighted by Crippen LogP contribution is -2.18. The fourth-order valence-electron chi connectivity index (χ4n) is 2.67. The molecule has 0 atom stereocenters. The third-order valence-corrected chi connectivity index (χ3v) is 4.66. The summed E-state index contributed by atoms with van der Waals surface area (Å²) in [6, 6.07) is 7.10. The van der Waals surface area contributed by atoms with Crippen LogP contribution in [0.4, 0.5) is 11.4 Å². The van der Waals surface area contributed by atoms with Crippen molar-refractivity contribution in [1.29, 1.82) is 5.26 Å². The summed E-state index contributed by atoms with van der Waals surface area (Å²) in [5.74, 6) is -0.416. The highest BCUT2D eigenvalue weighted by Gasteiger charge is 2.24. The van der Waals surface area contributed by atoms with E-state index in [1.807, 2.05) is 0 Å². The normalized spacial score (nSPS) is 12.6. The summed E-state index contributed by atoms with van der Waals surface area (Å²) in [6.07, 6.45) is 1.26. The number of rotatable bonds is 5. The molecule has 2 aromatic carbocycles. The summed E-state index contributed by atoms with van der Waals surface area (Å²) < 4.78 is 16.1. The molecular formula is C19H14BrN3O7. The van der Waals surface area contributed by atoms with Crippen LogP contribution in [0.2, 0.25) is 0 Å². The molecular weight excluding hydrogens is 462 g/mol. The molecule has 30 heavy (non-hydrogen) atoms. The molecule has 0 fully saturated rings. The highest BCUT2D eigenvalue weighted by molar-refractivity contribution is 9.10. The second kappa shape index (κ2) is 8.71. The van der Waals surface area contributed by atoms with Crippen LogP contribution in [0.3, 0.4) is 0 Å². The zero-order chi connectivity index (χ0) is 21.8. The number of nitrogens with zero attached hydrogens (tertiary/aromatic N) is 2. The summed E-state index contributed by atoms with van der Waals surface area (Å²) in [6.45, 7) is 0.516. The van der Waals surface area contributed by atoms with Crippen molar-refractivity contribution in [2.75, 3.05) is 25.6 Å². The van der Waals surface area contributed by atoms with Gasteiger partial charge in [-0.15, -0.1) is 0 Å². The number of phenolic OH excluding ortho intramolecular Hbond substituents is 1. The molecule has 0 saturated heterocycles. The van der Waals surface area contributed by atoms with E-state index >= 15 is 0 Å². The minimum atomic E-state index is -0.861.